The fraction of sp³-hybridized carbons (Fsp3) is 0.320. The third-order valence-electron chi connectivity index (χ3n) is 5.51. The van der Waals surface area contributed by atoms with Gasteiger partial charge < -0.3 is 23.8 Å². The summed E-state index contributed by atoms with van der Waals surface area (Å²) in [6.07, 6.45) is 1.17. The lowest BCUT2D eigenvalue weighted by molar-refractivity contribution is -0.385. The largest absolute Gasteiger partial charge is 0.508 e. The average Bonchev–Trinajstić information content (AvgIpc) is 2.89. The van der Waals surface area contributed by atoms with E-state index in [1.54, 1.807) is 36.1 Å². The molecule has 11 nitrogen and oxygen atoms in total. The van der Waals surface area contributed by atoms with Crippen molar-refractivity contribution in [3.8, 4) is 17.4 Å². The fourth-order valence-corrected chi connectivity index (χ4v) is 3.75. The van der Waals surface area contributed by atoms with Crippen LogP contribution in [0.1, 0.15) is 25.3 Å². The number of anilines is 1. The highest BCUT2D eigenvalue weighted by Gasteiger charge is 2.32. The molecule has 1 saturated heterocycles. The zero-order valence-corrected chi connectivity index (χ0v) is 19.7. The van der Waals surface area contributed by atoms with Crippen LogP contribution in [0, 0.1) is 10.1 Å². The van der Waals surface area contributed by atoms with Crippen molar-refractivity contribution in [3.05, 3.63) is 76.6 Å². The minimum absolute atomic E-state index is 0.155. The Morgan fingerprint density at radius 1 is 1.06 bits per heavy atom. The highest BCUT2D eigenvalue weighted by atomic mass is 16.7. The minimum Gasteiger partial charge on any atom is -0.489 e. The van der Waals surface area contributed by atoms with Crippen LogP contribution in [0.3, 0.4) is 0 Å². The van der Waals surface area contributed by atoms with Crippen LogP contribution < -0.4 is 14.4 Å². The first-order chi connectivity index (χ1) is 17.5. The van der Waals surface area contributed by atoms with Crippen molar-refractivity contribution in [1.29, 1.82) is 0 Å². The molecular formula is C25H26N4O7. The van der Waals surface area contributed by atoms with Crippen molar-refractivity contribution in [1.82, 2.24) is 9.97 Å². The molecule has 0 N–H and O–H groups in total. The van der Waals surface area contributed by atoms with Crippen LogP contribution in [0.2, 0.25) is 0 Å². The third kappa shape index (κ3) is 6.38. The maximum Gasteiger partial charge on any atom is 0.508 e. The molecule has 0 bridgehead atoms. The third-order valence-corrected chi connectivity index (χ3v) is 5.51. The molecule has 0 radical (unpaired) electrons. The van der Waals surface area contributed by atoms with Crippen molar-refractivity contribution in [3.63, 3.8) is 0 Å². The Labute approximate surface area is 207 Å². The molecule has 0 spiro atoms. The quantitative estimate of drug-likeness (QED) is 0.230. The summed E-state index contributed by atoms with van der Waals surface area (Å²) in [7, 11) is 0. The number of ether oxygens (including phenoxy) is 4. The standard InChI is InChI=1S/C25H26N4O7/c1-2-33-25(30)36-21-12-14-28(15-13-21)23-22(29(31)32)24(27-17-26-23)35-20-10-8-19(9-11-20)34-16-18-6-4-3-5-7-18/h3-11,17,21H,2,12-16H2,1H3. The number of aromatic nitrogens is 2. The SMILES string of the molecule is CCOC(=O)OC1CCN(c2ncnc(Oc3ccc(OCc4ccccc4)cc3)c2[N+](=O)[O-])CC1. The molecule has 2 heterocycles. The van der Waals surface area contributed by atoms with Crippen molar-refractivity contribution in [2.24, 2.45) is 0 Å². The number of carbonyl (C=O) groups excluding carboxylic acids is 1. The second-order valence-corrected chi connectivity index (χ2v) is 7.94. The number of benzene rings is 2. The molecule has 1 aliphatic heterocycles. The number of nitrogens with zero attached hydrogens (tertiary/aromatic N) is 4. The van der Waals surface area contributed by atoms with E-state index in [0.29, 0.717) is 44.0 Å². The molecule has 1 fully saturated rings. The van der Waals surface area contributed by atoms with Crippen molar-refractivity contribution in [2.45, 2.75) is 32.5 Å². The molecule has 0 amide bonds. The predicted octanol–water partition coefficient (Wildman–Crippen LogP) is 4.90. The van der Waals surface area contributed by atoms with Gasteiger partial charge in [0, 0.05) is 25.9 Å². The van der Waals surface area contributed by atoms with E-state index in [0.717, 1.165) is 5.56 Å². The number of hydrogen-bond acceptors (Lipinski definition) is 10. The van der Waals surface area contributed by atoms with Gasteiger partial charge in [-0.3, -0.25) is 10.1 Å². The van der Waals surface area contributed by atoms with Crippen LogP contribution in [-0.4, -0.2) is 46.8 Å². The number of nitro groups is 1. The minimum atomic E-state index is -0.712. The second kappa shape index (κ2) is 11.8. The van der Waals surface area contributed by atoms with Gasteiger partial charge in [0.25, 0.3) is 0 Å². The van der Waals surface area contributed by atoms with E-state index in [2.05, 4.69) is 9.97 Å². The molecule has 11 heteroatoms. The van der Waals surface area contributed by atoms with Crippen LogP contribution in [-0.2, 0) is 16.1 Å². The van der Waals surface area contributed by atoms with E-state index in [1.165, 1.54) is 6.33 Å². The van der Waals surface area contributed by atoms with Crippen molar-refractivity contribution < 1.29 is 28.7 Å². The van der Waals surface area contributed by atoms with E-state index in [1.807, 2.05) is 30.3 Å². The van der Waals surface area contributed by atoms with E-state index in [4.69, 9.17) is 18.9 Å². The topological polar surface area (TPSA) is 126 Å². The highest BCUT2D eigenvalue weighted by molar-refractivity contribution is 5.64. The second-order valence-electron chi connectivity index (χ2n) is 7.94. The predicted molar refractivity (Wildman–Crippen MR) is 129 cm³/mol. The first kappa shape index (κ1) is 24.7. The van der Waals surface area contributed by atoms with Gasteiger partial charge in [0.05, 0.1) is 11.5 Å². The molecule has 0 saturated carbocycles. The first-order valence-corrected chi connectivity index (χ1v) is 11.6. The average molecular weight is 495 g/mol. The molecule has 3 aromatic rings. The van der Waals surface area contributed by atoms with Gasteiger partial charge in [0.15, 0.2) is 0 Å². The summed E-state index contributed by atoms with van der Waals surface area (Å²) in [5, 5.41) is 11.9. The molecule has 36 heavy (non-hydrogen) atoms. The van der Waals surface area contributed by atoms with Gasteiger partial charge in [0.1, 0.15) is 30.5 Å². The lowest BCUT2D eigenvalue weighted by Gasteiger charge is -2.31. The van der Waals surface area contributed by atoms with E-state index in [9.17, 15) is 14.9 Å². The normalized spacial score (nSPS) is 13.6. The highest BCUT2D eigenvalue weighted by Crippen LogP contribution is 2.37. The lowest BCUT2D eigenvalue weighted by atomic mass is 10.1. The molecule has 4 rings (SSSR count). The van der Waals surface area contributed by atoms with Gasteiger partial charge in [-0.2, -0.15) is 4.98 Å². The van der Waals surface area contributed by atoms with Crippen LogP contribution in [0.15, 0.2) is 60.9 Å². The monoisotopic (exact) mass is 494 g/mol. The Bertz CT molecular complexity index is 1170. The zero-order chi connectivity index (χ0) is 25.3. The summed E-state index contributed by atoms with van der Waals surface area (Å²) in [5.41, 5.74) is 0.713. The van der Waals surface area contributed by atoms with Crippen molar-refractivity contribution in [2.75, 3.05) is 24.6 Å². The molecule has 2 aromatic carbocycles. The first-order valence-electron chi connectivity index (χ1n) is 11.6. The van der Waals surface area contributed by atoms with E-state index < -0.39 is 11.1 Å². The van der Waals surface area contributed by atoms with Gasteiger partial charge in [-0.15, -0.1) is 0 Å². The molecule has 0 aliphatic carbocycles. The van der Waals surface area contributed by atoms with Gasteiger partial charge >= 0.3 is 17.7 Å². The maximum atomic E-state index is 11.9. The smallest absolute Gasteiger partial charge is 0.489 e. The lowest BCUT2D eigenvalue weighted by Crippen LogP contribution is -2.38. The van der Waals surface area contributed by atoms with Crippen LogP contribution in [0.25, 0.3) is 0 Å². The molecule has 0 unspecified atom stereocenters. The Morgan fingerprint density at radius 2 is 1.75 bits per heavy atom. The Balaban J connectivity index is 1.41. The Hall–Kier alpha value is -4.41. The summed E-state index contributed by atoms with van der Waals surface area (Å²) in [4.78, 5) is 32.9. The summed E-state index contributed by atoms with van der Waals surface area (Å²) in [5.74, 6) is 1.00. The van der Waals surface area contributed by atoms with E-state index in [-0.39, 0.29) is 30.1 Å². The Morgan fingerprint density at radius 3 is 2.42 bits per heavy atom. The molecule has 1 aromatic heterocycles. The summed E-state index contributed by atoms with van der Waals surface area (Å²) < 4.78 is 21.6. The fourth-order valence-electron chi connectivity index (χ4n) is 3.75. The zero-order valence-electron chi connectivity index (χ0n) is 19.7. The van der Waals surface area contributed by atoms with Crippen LogP contribution in [0.5, 0.6) is 17.4 Å². The molecule has 1 aliphatic rings. The number of carbonyl (C=O) groups is 1. The van der Waals surface area contributed by atoms with Gasteiger partial charge in [-0.05, 0) is 36.8 Å². The maximum absolute atomic E-state index is 11.9. The number of piperidine rings is 1. The summed E-state index contributed by atoms with van der Waals surface area (Å²) in [6, 6.07) is 16.5. The molecule has 188 valence electrons. The summed E-state index contributed by atoms with van der Waals surface area (Å²) >= 11 is 0. The number of hydrogen-bond donors (Lipinski definition) is 0. The molecule has 0 atom stereocenters. The van der Waals surface area contributed by atoms with Crippen LogP contribution >= 0.6 is 0 Å². The van der Waals surface area contributed by atoms with Gasteiger partial charge in [0.2, 0.25) is 5.82 Å². The summed E-state index contributed by atoms with van der Waals surface area (Å²) in [6.45, 7) is 3.18. The van der Waals surface area contributed by atoms with Gasteiger partial charge in [-0.1, -0.05) is 30.3 Å². The van der Waals surface area contributed by atoms with E-state index >= 15 is 0 Å². The molecular weight excluding hydrogens is 468 g/mol. The van der Waals surface area contributed by atoms with Crippen molar-refractivity contribution >= 4 is 17.7 Å². The number of rotatable bonds is 9. The van der Waals surface area contributed by atoms with Gasteiger partial charge in [-0.25, -0.2) is 9.78 Å². The Kier molecular flexibility index (Phi) is 8.12. The van der Waals surface area contributed by atoms with Crippen LogP contribution in [0.4, 0.5) is 16.3 Å².